The van der Waals surface area contributed by atoms with Crippen molar-refractivity contribution in [3.63, 3.8) is 0 Å². The molecular weight excluding hydrogens is 513 g/mol. The number of amidine groups is 1. The molecule has 0 bridgehead atoms. The number of nitrogens with zero attached hydrogens (tertiary/aromatic N) is 1. The third-order valence-corrected chi connectivity index (χ3v) is 10.8. The Labute approximate surface area is 229 Å². The molecule has 222 valence electrons. The average molecular weight is 560 g/mol. The monoisotopic (exact) mass is 559 g/mol. The Bertz CT molecular complexity index is 879. The highest BCUT2D eigenvalue weighted by Gasteiger charge is 2.52. The summed E-state index contributed by atoms with van der Waals surface area (Å²) < 4.78 is 70.5. The number of likely N-dealkylation sites (tertiary alicyclic amines) is 1. The summed E-state index contributed by atoms with van der Waals surface area (Å²) in [6.45, 7) is 3.34. The van der Waals surface area contributed by atoms with Gasteiger partial charge < -0.3 is 10.2 Å². The molecule has 1 saturated heterocycles. The van der Waals surface area contributed by atoms with Crippen LogP contribution in [0.5, 0.6) is 0 Å². The third-order valence-electron chi connectivity index (χ3n) is 10.8. The molecule has 4 nitrogen and oxygen atoms in total. The van der Waals surface area contributed by atoms with Crippen molar-refractivity contribution >= 4 is 11.7 Å². The topological polar surface area (TPSA) is 56.2 Å². The lowest BCUT2D eigenvalue weighted by Gasteiger charge is -2.45. The smallest absolute Gasteiger partial charge is 0.360 e. The van der Waals surface area contributed by atoms with E-state index in [0.717, 1.165) is 45.1 Å². The maximum Gasteiger partial charge on any atom is 0.392 e. The zero-order valence-corrected chi connectivity index (χ0v) is 23.2. The average Bonchev–Trinajstić information content (AvgIpc) is 3.65. The molecule has 39 heavy (non-hydrogen) atoms. The quantitative estimate of drug-likeness (QED) is 0.328. The molecule has 0 radical (unpaired) electrons. The molecular formula is C30H46F5N3O. The van der Waals surface area contributed by atoms with E-state index >= 15 is 0 Å². The van der Waals surface area contributed by atoms with E-state index in [1.165, 1.54) is 0 Å². The number of amides is 1. The summed E-state index contributed by atoms with van der Waals surface area (Å²) in [5.74, 6) is -1.78. The molecule has 1 amide bonds. The number of halogens is 5. The largest absolute Gasteiger partial charge is 0.392 e. The Morgan fingerprint density at radius 2 is 1.74 bits per heavy atom. The molecule has 5 rings (SSSR count). The van der Waals surface area contributed by atoms with Gasteiger partial charge in [-0.1, -0.05) is 6.92 Å². The molecule has 1 aliphatic heterocycles. The van der Waals surface area contributed by atoms with Crippen molar-refractivity contribution in [2.75, 3.05) is 13.1 Å². The van der Waals surface area contributed by atoms with Crippen molar-refractivity contribution in [1.29, 1.82) is 5.41 Å². The molecule has 0 aromatic rings. The molecule has 4 aliphatic carbocycles. The van der Waals surface area contributed by atoms with E-state index in [4.69, 9.17) is 5.41 Å². The van der Waals surface area contributed by atoms with E-state index in [0.29, 0.717) is 44.0 Å². The van der Waals surface area contributed by atoms with Crippen LogP contribution in [0.4, 0.5) is 22.0 Å². The van der Waals surface area contributed by atoms with Crippen molar-refractivity contribution in [1.82, 2.24) is 10.2 Å². The predicted molar refractivity (Wildman–Crippen MR) is 141 cm³/mol. The van der Waals surface area contributed by atoms with Crippen molar-refractivity contribution in [3.8, 4) is 0 Å². The van der Waals surface area contributed by atoms with Gasteiger partial charge in [-0.2, -0.15) is 13.2 Å². The molecule has 0 aromatic carbocycles. The van der Waals surface area contributed by atoms with Gasteiger partial charge in [0.2, 0.25) is 5.91 Å². The van der Waals surface area contributed by atoms with Gasteiger partial charge in [-0.3, -0.25) is 10.2 Å². The van der Waals surface area contributed by atoms with Gasteiger partial charge in [0, 0.05) is 31.5 Å². The lowest BCUT2D eigenvalue weighted by Crippen LogP contribution is -2.49. The van der Waals surface area contributed by atoms with E-state index < -0.39 is 36.8 Å². The standard InChI is InChI=1S/C30H46F5N3O/c1-17-11-20(6-9-26(17)32)28(19-4-5-19)37-29(39)22-13-18(16-38-10-2-3-27(38)36)12-21(14-22)24-8-7-23(31)15-25(24)30(33,34)35/h17-26,28,36H,2-16H2,1H3,(H,37,39)/t17?,18?,20?,21?,22?,23?,24?,25?,26?,28-/m0/s1. The molecule has 9 unspecified atom stereocenters. The van der Waals surface area contributed by atoms with Gasteiger partial charge in [0.05, 0.1) is 11.8 Å². The molecule has 2 N–H and O–H groups in total. The molecule has 10 atom stereocenters. The summed E-state index contributed by atoms with van der Waals surface area (Å²) in [7, 11) is 0. The molecule has 5 fully saturated rings. The number of hydrogen-bond donors (Lipinski definition) is 2. The van der Waals surface area contributed by atoms with E-state index in [1.54, 1.807) is 0 Å². The van der Waals surface area contributed by atoms with Crippen LogP contribution in [-0.2, 0) is 4.79 Å². The maximum absolute atomic E-state index is 14.2. The summed E-state index contributed by atoms with van der Waals surface area (Å²) >= 11 is 0. The molecule has 0 aromatic heterocycles. The second kappa shape index (κ2) is 11.8. The first-order valence-corrected chi connectivity index (χ1v) is 15.5. The Hall–Kier alpha value is -1.41. The van der Waals surface area contributed by atoms with E-state index in [2.05, 4.69) is 5.32 Å². The Balaban J connectivity index is 1.32. The maximum atomic E-state index is 14.2. The van der Waals surface area contributed by atoms with Crippen LogP contribution in [0.15, 0.2) is 0 Å². The highest BCUT2D eigenvalue weighted by molar-refractivity contribution is 5.81. The fourth-order valence-corrected chi connectivity index (χ4v) is 8.61. The number of rotatable bonds is 7. The minimum absolute atomic E-state index is 0.0166. The number of carbonyl (C=O) groups is 1. The first-order valence-electron chi connectivity index (χ1n) is 15.5. The zero-order valence-electron chi connectivity index (χ0n) is 23.2. The minimum atomic E-state index is -4.44. The van der Waals surface area contributed by atoms with Crippen LogP contribution in [0, 0.1) is 52.8 Å². The van der Waals surface area contributed by atoms with E-state index in [1.807, 2.05) is 11.8 Å². The van der Waals surface area contributed by atoms with Crippen molar-refractivity contribution < 1.29 is 26.7 Å². The van der Waals surface area contributed by atoms with Crippen molar-refractivity contribution in [2.45, 2.75) is 115 Å². The predicted octanol–water partition coefficient (Wildman–Crippen LogP) is 7.08. The Morgan fingerprint density at radius 1 is 1.00 bits per heavy atom. The first kappa shape index (κ1) is 29.1. The first-order chi connectivity index (χ1) is 18.5. The van der Waals surface area contributed by atoms with E-state index in [-0.39, 0.29) is 54.4 Å². The SMILES string of the molecule is CC1CC([C@@H](NC(=O)C2CC(CN3CCCC3=N)CC(C3CCC(F)CC3C(F)(F)F)C2)C2CC2)CCC1F. The summed E-state index contributed by atoms with van der Waals surface area (Å²) in [4.78, 5) is 15.8. The Morgan fingerprint density at radius 3 is 2.38 bits per heavy atom. The van der Waals surface area contributed by atoms with Gasteiger partial charge in [-0.05, 0) is 113 Å². The highest BCUT2D eigenvalue weighted by atomic mass is 19.4. The molecule has 1 heterocycles. The lowest BCUT2D eigenvalue weighted by atomic mass is 9.63. The molecule has 4 saturated carbocycles. The van der Waals surface area contributed by atoms with Gasteiger partial charge >= 0.3 is 6.18 Å². The number of hydrogen-bond acceptors (Lipinski definition) is 2. The fraction of sp³-hybridized carbons (Fsp3) is 0.933. The van der Waals surface area contributed by atoms with Crippen LogP contribution in [0.1, 0.15) is 90.4 Å². The molecule has 0 spiro atoms. The van der Waals surface area contributed by atoms with Crippen LogP contribution < -0.4 is 5.32 Å². The molecule has 9 heteroatoms. The Kier molecular flexibility index (Phi) is 8.83. The van der Waals surface area contributed by atoms with Crippen LogP contribution in [0.3, 0.4) is 0 Å². The molecule has 5 aliphatic rings. The van der Waals surface area contributed by atoms with Gasteiger partial charge in [-0.15, -0.1) is 0 Å². The van der Waals surface area contributed by atoms with Crippen LogP contribution >= 0.6 is 0 Å². The van der Waals surface area contributed by atoms with Gasteiger partial charge in [0.1, 0.15) is 12.3 Å². The highest BCUT2D eigenvalue weighted by Crippen LogP contribution is 2.51. The minimum Gasteiger partial charge on any atom is -0.360 e. The van der Waals surface area contributed by atoms with Crippen molar-refractivity contribution in [3.05, 3.63) is 0 Å². The summed E-state index contributed by atoms with van der Waals surface area (Å²) in [5.41, 5.74) is 0. The zero-order chi connectivity index (χ0) is 27.9. The summed E-state index contributed by atoms with van der Waals surface area (Å²) in [6, 6.07) is 0.0166. The third kappa shape index (κ3) is 6.91. The summed E-state index contributed by atoms with van der Waals surface area (Å²) in [6.07, 6.45) is 0.683. The normalized spacial score (nSPS) is 40.9. The van der Waals surface area contributed by atoms with Crippen LogP contribution in [0.25, 0.3) is 0 Å². The summed E-state index contributed by atoms with van der Waals surface area (Å²) in [5, 5.41) is 11.6. The van der Waals surface area contributed by atoms with Crippen molar-refractivity contribution in [2.24, 2.45) is 47.3 Å². The van der Waals surface area contributed by atoms with Gasteiger partial charge in [0.15, 0.2) is 0 Å². The number of nitrogens with one attached hydrogen (secondary N) is 2. The second-order valence-electron chi connectivity index (χ2n) is 13.7. The van der Waals surface area contributed by atoms with Crippen LogP contribution in [-0.4, -0.2) is 54.3 Å². The van der Waals surface area contributed by atoms with Crippen LogP contribution in [0.2, 0.25) is 0 Å². The number of alkyl halides is 5. The van der Waals surface area contributed by atoms with Gasteiger partial charge in [-0.25, -0.2) is 8.78 Å². The second-order valence-corrected chi connectivity index (χ2v) is 13.7. The number of carbonyl (C=O) groups excluding carboxylic acids is 1. The van der Waals surface area contributed by atoms with Gasteiger partial charge in [0.25, 0.3) is 0 Å². The lowest BCUT2D eigenvalue weighted by molar-refractivity contribution is -0.209. The fourth-order valence-electron chi connectivity index (χ4n) is 8.61. The van der Waals surface area contributed by atoms with E-state index in [9.17, 15) is 26.7 Å².